The maximum absolute atomic E-state index is 6.12. The van der Waals surface area contributed by atoms with E-state index in [1.807, 2.05) is 0 Å². The van der Waals surface area contributed by atoms with E-state index in [1.54, 1.807) is 0 Å². The van der Waals surface area contributed by atoms with Crippen LogP contribution in [0.2, 0.25) is 0 Å². The average Bonchev–Trinajstić information content (AvgIpc) is 3.00. The Bertz CT molecular complexity index is 245. The molecule has 1 unspecified atom stereocenters. The lowest BCUT2D eigenvalue weighted by Gasteiger charge is -2.41. The maximum Gasteiger partial charge on any atom is 0.0337 e. The van der Waals surface area contributed by atoms with E-state index in [4.69, 9.17) is 5.73 Å². The van der Waals surface area contributed by atoms with Gasteiger partial charge in [-0.1, -0.05) is 20.8 Å². The van der Waals surface area contributed by atoms with Crippen molar-refractivity contribution < 1.29 is 0 Å². The molecule has 2 aliphatic carbocycles. The molecule has 0 aromatic rings. The van der Waals surface area contributed by atoms with Gasteiger partial charge in [0.05, 0.1) is 0 Å². The van der Waals surface area contributed by atoms with E-state index in [0.29, 0.717) is 11.0 Å². The highest BCUT2D eigenvalue weighted by Gasteiger charge is 2.46. The van der Waals surface area contributed by atoms with Crippen molar-refractivity contribution in [1.29, 1.82) is 0 Å². The fourth-order valence-electron chi connectivity index (χ4n) is 3.48. The van der Waals surface area contributed by atoms with Gasteiger partial charge < -0.3 is 5.73 Å². The van der Waals surface area contributed by atoms with Crippen LogP contribution < -0.4 is 5.73 Å². The van der Waals surface area contributed by atoms with Gasteiger partial charge >= 0.3 is 0 Å². The van der Waals surface area contributed by atoms with Crippen LogP contribution in [0.25, 0.3) is 0 Å². The molecule has 2 heteroatoms. The molecule has 94 valence electrons. The predicted octanol–water partition coefficient (Wildman–Crippen LogP) is 2.63. The first kappa shape index (κ1) is 12.4. The van der Waals surface area contributed by atoms with Crippen molar-refractivity contribution in [2.75, 3.05) is 19.6 Å². The molecule has 0 spiro atoms. The molecule has 2 nitrogen and oxygen atoms in total. The van der Waals surface area contributed by atoms with Crippen molar-refractivity contribution in [3.63, 3.8) is 0 Å². The minimum absolute atomic E-state index is 0.320. The van der Waals surface area contributed by atoms with Crippen molar-refractivity contribution in [1.82, 2.24) is 4.90 Å². The third-order valence-corrected chi connectivity index (χ3v) is 4.68. The molecule has 0 aliphatic heterocycles. The van der Waals surface area contributed by atoms with Crippen LogP contribution >= 0.6 is 0 Å². The molecular formula is C14H28N2. The summed E-state index contributed by atoms with van der Waals surface area (Å²) in [7, 11) is 0. The Morgan fingerprint density at radius 3 is 2.31 bits per heavy atom. The van der Waals surface area contributed by atoms with Gasteiger partial charge in [0, 0.05) is 18.6 Å². The highest BCUT2D eigenvalue weighted by atomic mass is 15.2. The van der Waals surface area contributed by atoms with E-state index in [2.05, 4.69) is 25.7 Å². The molecule has 2 N–H and O–H groups in total. The molecule has 0 aromatic carbocycles. The Kier molecular flexibility index (Phi) is 3.33. The first-order valence-corrected chi connectivity index (χ1v) is 6.96. The van der Waals surface area contributed by atoms with E-state index < -0.39 is 0 Å². The third kappa shape index (κ3) is 2.43. The van der Waals surface area contributed by atoms with E-state index in [9.17, 15) is 0 Å². The summed E-state index contributed by atoms with van der Waals surface area (Å²) < 4.78 is 0. The van der Waals surface area contributed by atoms with Gasteiger partial charge in [0.15, 0.2) is 0 Å². The van der Waals surface area contributed by atoms with Gasteiger partial charge in [-0.2, -0.15) is 0 Å². The highest BCUT2D eigenvalue weighted by Crippen LogP contribution is 2.47. The SMILES string of the molecule is CCN(CC1CC1)C1(CN)CCC(C)(C)C1. The molecule has 0 amide bonds. The smallest absolute Gasteiger partial charge is 0.0337 e. The average molecular weight is 224 g/mol. The Balaban J connectivity index is 2.06. The lowest BCUT2D eigenvalue weighted by Crippen LogP contribution is -2.53. The van der Waals surface area contributed by atoms with Crippen molar-refractivity contribution in [3.8, 4) is 0 Å². The number of hydrogen-bond donors (Lipinski definition) is 1. The Hall–Kier alpha value is -0.0800. The van der Waals surface area contributed by atoms with E-state index in [-0.39, 0.29) is 0 Å². The molecule has 0 heterocycles. The Morgan fingerprint density at radius 1 is 1.25 bits per heavy atom. The molecule has 0 bridgehead atoms. The standard InChI is InChI=1S/C14H28N2/c1-4-16(9-12-5-6-12)14(11-15)8-7-13(2,3)10-14/h12H,4-11,15H2,1-3H3. The maximum atomic E-state index is 6.12. The lowest BCUT2D eigenvalue weighted by atomic mass is 9.86. The fraction of sp³-hybridized carbons (Fsp3) is 1.00. The second-order valence-corrected chi connectivity index (χ2v) is 6.75. The number of nitrogens with zero attached hydrogens (tertiary/aromatic N) is 1. The normalized spacial score (nSPS) is 33.6. The molecule has 2 rings (SSSR count). The molecule has 0 saturated heterocycles. The van der Waals surface area contributed by atoms with Crippen LogP contribution in [-0.4, -0.2) is 30.1 Å². The van der Waals surface area contributed by atoms with Gasteiger partial charge in [-0.3, -0.25) is 4.90 Å². The molecule has 1 atom stereocenters. The second-order valence-electron chi connectivity index (χ2n) is 6.75. The third-order valence-electron chi connectivity index (χ3n) is 4.68. The predicted molar refractivity (Wildman–Crippen MR) is 69.4 cm³/mol. The topological polar surface area (TPSA) is 29.3 Å². The van der Waals surface area contributed by atoms with E-state index in [1.165, 1.54) is 45.2 Å². The molecule has 0 radical (unpaired) electrons. The zero-order valence-corrected chi connectivity index (χ0v) is 11.3. The second kappa shape index (κ2) is 4.30. The molecule has 2 saturated carbocycles. The zero-order chi connectivity index (χ0) is 11.8. The van der Waals surface area contributed by atoms with Crippen molar-refractivity contribution in [3.05, 3.63) is 0 Å². The molecule has 2 fully saturated rings. The van der Waals surface area contributed by atoms with Crippen LogP contribution in [0.4, 0.5) is 0 Å². The summed E-state index contributed by atoms with van der Waals surface area (Å²) in [5.41, 5.74) is 6.94. The van der Waals surface area contributed by atoms with Gasteiger partial charge in [0.2, 0.25) is 0 Å². The molecule has 2 aliphatic rings. The molecule has 16 heavy (non-hydrogen) atoms. The van der Waals surface area contributed by atoms with Crippen LogP contribution in [-0.2, 0) is 0 Å². The first-order chi connectivity index (χ1) is 7.51. The van der Waals surface area contributed by atoms with Gasteiger partial charge in [0.25, 0.3) is 0 Å². The zero-order valence-electron chi connectivity index (χ0n) is 11.3. The summed E-state index contributed by atoms with van der Waals surface area (Å²) in [6.45, 7) is 10.4. The highest BCUT2D eigenvalue weighted by molar-refractivity contribution is 5.02. The summed E-state index contributed by atoms with van der Waals surface area (Å²) in [6, 6.07) is 0. The van der Waals surface area contributed by atoms with Crippen LogP contribution in [0.3, 0.4) is 0 Å². The van der Waals surface area contributed by atoms with Crippen molar-refractivity contribution in [2.24, 2.45) is 17.1 Å². The largest absolute Gasteiger partial charge is 0.329 e. The van der Waals surface area contributed by atoms with Gasteiger partial charge in [0.1, 0.15) is 0 Å². The minimum Gasteiger partial charge on any atom is -0.329 e. The van der Waals surface area contributed by atoms with Crippen LogP contribution in [0.5, 0.6) is 0 Å². The number of nitrogens with two attached hydrogens (primary N) is 1. The van der Waals surface area contributed by atoms with Crippen LogP contribution in [0.1, 0.15) is 52.9 Å². The van der Waals surface area contributed by atoms with Gasteiger partial charge in [-0.15, -0.1) is 0 Å². The molecule has 0 aromatic heterocycles. The van der Waals surface area contributed by atoms with Crippen molar-refractivity contribution in [2.45, 2.75) is 58.4 Å². The number of hydrogen-bond acceptors (Lipinski definition) is 2. The summed E-state index contributed by atoms with van der Waals surface area (Å²) >= 11 is 0. The first-order valence-electron chi connectivity index (χ1n) is 6.96. The minimum atomic E-state index is 0.320. The van der Waals surface area contributed by atoms with E-state index in [0.717, 1.165) is 12.5 Å². The lowest BCUT2D eigenvalue weighted by molar-refractivity contribution is 0.0892. The van der Waals surface area contributed by atoms with Crippen molar-refractivity contribution >= 4 is 0 Å². The quantitative estimate of drug-likeness (QED) is 0.778. The number of rotatable bonds is 5. The monoisotopic (exact) mass is 224 g/mol. The van der Waals surface area contributed by atoms with Gasteiger partial charge in [-0.05, 0) is 50.0 Å². The Morgan fingerprint density at radius 2 is 1.94 bits per heavy atom. The summed E-state index contributed by atoms with van der Waals surface area (Å²) in [4.78, 5) is 2.69. The van der Waals surface area contributed by atoms with Crippen LogP contribution in [0.15, 0.2) is 0 Å². The van der Waals surface area contributed by atoms with E-state index >= 15 is 0 Å². The van der Waals surface area contributed by atoms with Crippen LogP contribution in [0, 0.1) is 11.3 Å². The summed E-state index contributed by atoms with van der Waals surface area (Å²) in [5, 5.41) is 0. The summed E-state index contributed by atoms with van der Waals surface area (Å²) in [5.74, 6) is 0.979. The fourth-order valence-corrected chi connectivity index (χ4v) is 3.48. The van der Waals surface area contributed by atoms with Gasteiger partial charge in [-0.25, -0.2) is 0 Å². The molecular weight excluding hydrogens is 196 g/mol. The Labute approximate surface area is 101 Å². The summed E-state index contributed by atoms with van der Waals surface area (Å²) in [6.07, 6.45) is 6.82. The number of likely N-dealkylation sites (N-methyl/N-ethyl adjacent to an activating group) is 1.